The van der Waals surface area contributed by atoms with Crippen LogP contribution in [0.15, 0.2) is 52.4 Å². The number of hydrogen-bond acceptors (Lipinski definition) is 6. The van der Waals surface area contributed by atoms with E-state index in [1.807, 2.05) is 11.4 Å². The molecule has 1 aromatic heterocycles. The first-order chi connectivity index (χ1) is 11.2. The van der Waals surface area contributed by atoms with Crippen LogP contribution in [0.5, 0.6) is 5.06 Å². The first-order valence-corrected chi connectivity index (χ1v) is 9.95. The maximum absolute atomic E-state index is 12.2. The molecule has 0 spiro atoms. The van der Waals surface area contributed by atoms with Gasteiger partial charge in [-0.25, -0.2) is 13.2 Å². The predicted octanol–water partition coefficient (Wildman–Crippen LogP) is 3.28. The minimum Gasteiger partial charge on any atom is -0.449 e. The maximum Gasteiger partial charge on any atom is 0.375 e. The van der Waals surface area contributed by atoms with Crippen LogP contribution < -0.4 is 4.74 Å². The number of thiophene rings is 1. The van der Waals surface area contributed by atoms with Gasteiger partial charge in [0.15, 0.2) is 14.9 Å². The third kappa shape index (κ3) is 3.09. The second-order valence-electron chi connectivity index (χ2n) is 5.93. The molecule has 1 aliphatic heterocycles. The zero-order chi connectivity index (χ0) is 17.5. The highest BCUT2D eigenvalue weighted by Gasteiger charge is 2.43. The van der Waals surface area contributed by atoms with Gasteiger partial charge in [-0.15, -0.1) is 11.3 Å². The van der Waals surface area contributed by atoms with Gasteiger partial charge in [0.05, 0.1) is 10.5 Å². The summed E-state index contributed by atoms with van der Waals surface area (Å²) < 4.78 is 34.4. The molecule has 0 N–H and O–H groups in total. The number of carbonyl (C=O) groups excluding carboxylic acids is 1. The summed E-state index contributed by atoms with van der Waals surface area (Å²) in [6, 6.07) is 9.94. The van der Waals surface area contributed by atoms with E-state index in [0.29, 0.717) is 16.2 Å². The Kier molecular flexibility index (Phi) is 4.01. The molecule has 0 saturated heterocycles. The quantitative estimate of drug-likeness (QED) is 0.779. The molecule has 7 heteroatoms. The largest absolute Gasteiger partial charge is 0.449 e. The molecule has 2 heterocycles. The van der Waals surface area contributed by atoms with E-state index in [2.05, 4.69) is 0 Å². The highest BCUT2D eigenvalue weighted by Crippen LogP contribution is 2.41. The Morgan fingerprint density at radius 2 is 1.79 bits per heavy atom. The molecule has 0 bridgehead atoms. The Balaban J connectivity index is 2.09. The normalized spacial score (nSPS) is 17.0. The number of hydrogen-bond donors (Lipinski definition) is 0. The van der Waals surface area contributed by atoms with Gasteiger partial charge in [-0.1, -0.05) is 12.1 Å². The molecule has 0 unspecified atom stereocenters. The number of benzene rings is 1. The third-order valence-corrected chi connectivity index (χ3v) is 5.50. The van der Waals surface area contributed by atoms with Crippen LogP contribution in [-0.2, 0) is 19.4 Å². The molecule has 0 amide bonds. The molecule has 1 aromatic carbocycles. The molecular formula is C17H16O5S2. The van der Waals surface area contributed by atoms with Crippen LogP contribution in [0, 0.1) is 0 Å². The smallest absolute Gasteiger partial charge is 0.375 e. The second kappa shape index (κ2) is 5.75. The van der Waals surface area contributed by atoms with Crippen LogP contribution >= 0.6 is 11.3 Å². The second-order valence-corrected chi connectivity index (χ2v) is 8.86. The van der Waals surface area contributed by atoms with Crippen LogP contribution in [0.2, 0.25) is 0 Å². The highest BCUT2D eigenvalue weighted by atomic mass is 32.2. The molecule has 0 radical (unpaired) electrons. The van der Waals surface area contributed by atoms with Crippen molar-refractivity contribution in [1.29, 1.82) is 0 Å². The van der Waals surface area contributed by atoms with Gasteiger partial charge >= 0.3 is 5.97 Å². The Hall–Kier alpha value is -2.12. The number of cyclic esters (lactones) is 1. The van der Waals surface area contributed by atoms with Crippen molar-refractivity contribution in [1.82, 2.24) is 0 Å². The number of sulfone groups is 1. The van der Waals surface area contributed by atoms with E-state index < -0.39 is 21.4 Å². The molecule has 3 rings (SSSR count). The van der Waals surface area contributed by atoms with E-state index >= 15 is 0 Å². The molecule has 0 fully saturated rings. The van der Waals surface area contributed by atoms with E-state index in [9.17, 15) is 13.2 Å². The summed E-state index contributed by atoms with van der Waals surface area (Å²) in [6.45, 7) is 3.55. The molecule has 1 aliphatic rings. The Morgan fingerprint density at radius 3 is 2.33 bits per heavy atom. The number of rotatable bonds is 4. The Labute approximate surface area is 144 Å². The monoisotopic (exact) mass is 364 g/mol. The molecule has 0 atom stereocenters. The van der Waals surface area contributed by atoms with Crippen molar-refractivity contribution < 1.29 is 22.7 Å². The van der Waals surface area contributed by atoms with Crippen molar-refractivity contribution in [2.45, 2.75) is 24.3 Å². The summed E-state index contributed by atoms with van der Waals surface area (Å²) in [6.07, 6.45) is 1.15. The minimum atomic E-state index is -3.28. The summed E-state index contributed by atoms with van der Waals surface area (Å²) in [5.41, 5.74) is 0.418. The lowest BCUT2D eigenvalue weighted by atomic mass is 9.92. The molecule has 24 heavy (non-hydrogen) atoms. The van der Waals surface area contributed by atoms with Crippen LogP contribution in [0.4, 0.5) is 0 Å². The van der Waals surface area contributed by atoms with Crippen LogP contribution in [0.3, 0.4) is 0 Å². The first kappa shape index (κ1) is 16.7. The van der Waals surface area contributed by atoms with Gasteiger partial charge in [-0.3, -0.25) is 0 Å². The van der Waals surface area contributed by atoms with Crippen molar-refractivity contribution in [3.8, 4) is 5.06 Å². The van der Waals surface area contributed by atoms with E-state index in [1.54, 1.807) is 32.0 Å². The number of ether oxygens (including phenoxy) is 2. The van der Waals surface area contributed by atoms with Gasteiger partial charge in [0.1, 0.15) is 5.60 Å². The van der Waals surface area contributed by atoms with Crippen molar-refractivity contribution in [3.63, 3.8) is 0 Å². The summed E-state index contributed by atoms with van der Waals surface area (Å²) in [5.74, 6) is -0.398. The number of esters is 1. The Bertz CT molecular complexity index is 904. The lowest BCUT2D eigenvalue weighted by Gasteiger charge is -2.21. The van der Waals surface area contributed by atoms with Crippen molar-refractivity contribution in [2.24, 2.45) is 0 Å². The third-order valence-electron chi connectivity index (χ3n) is 3.63. The fourth-order valence-electron chi connectivity index (χ4n) is 2.57. The summed E-state index contributed by atoms with van der Waals surface area (Å²) in [4.78, 5) is 12.4. The first-order valence-electron chi connectivity index (χ1n) is 7.18. The molecule has 0 aliphatic carbocycles. The predicted molar refractivity (Wildman–Crippen MR) is 91.6 cm³/mol. The average Bonchev–Trinajstić information content (AvgIpc) is 3.05. The fraction of sp³-hybridized carbons (Fsp3) is 0.235. The van der Waals surface area contributed by atoms with Gasteiger partial charge in [0.25, 0.3) is 0 Å². The van der Waals surface area contributed by atoms with Crippen molar-refractivity contribution in [3.05, 3.63) is 53.1 Å². The standard InChI is InChI=1S/C17H16O5S2/c1-17(2)14(11-6-8-12(9-7-11)24(3,19)20)15(16(18)22-17)21-13-5-4-10-23-13/h4-10H,1-3H3. The lowest BCUT2D eigenvalue weighted by molar-refractivity contribution is -0.145. The zero-order valence-corrected chi connectivity index (χ0v) is 15.0. The van der Waals surface area contributed by atoms with Crippen LogP contribution in [0.1, 0.15) is 19.4 Å². The van der Waals surface area contributed by atoms with Gasteiger partial charge < -0.3 is 9.47 Å². The van der Waals surface area contributed by atoms with Gasteiger partial charge in [-0.05, 0) is 49.1 Å². The maximum atomic E-state index is 12.2. The number of carbonyl (C=O) groups is 1. The average molecular weight is 364 g/mol. The molecule has 5 nitrogen and oxygen atoms in total. The highest BCUT2D eigenvalue weighted by molar-refractivity contribution is 7.90. The fourth-order valence-corrected chi connectivity index (χ4v) is 3.78. The summed E-state index contributed by atoms with van der Waals surface area (Å²) in [5, 5.41) is 2.44. The molecular weight excluding hydrogens is 348 g/mol. The van der Waals surface area contributed by atoms with Crippen molar-refractivity contribution in [2.75, 3.05) is 6.26 Å². The molecule has 126 valence electrons. The van der Waals surface area contributed by atoms with Gasteiger partial charge in [-0.2, -0.15) is 0 Å². The molecule has 2 aromatic rings. The zero-order valence-electron chi connectivity index (χ0n) is 13.4. The minimum absolute atomic E-state index is 0.134. The SMILES string of the molecule is CC1(C)OC(=O)C(Oc2cccs2)=C1c1ccc(S(C)(=O)=O)cc1. The van der Waals surface area contributed by atoms with E-state index in [-0.39, 0.29) is 10.7 Å². The lowest BCUT2D eigenvalue weighted by Crippen LogP contribution is -2.22. The molecule has 0 saturated carbocycles. The van der Waals surface area contributed by atoms with E-state index in [0.717, 1.165) is 6.26 Å². The van der Waals surface area contributed by atoms with E-state index in [1.165, 1.54) is 23.5 Å². The van der Waals surface area contributed by atoms with Crippen LogP contribution in [-0.4, -0.2) is 26.2 Å². The van der Waals surface area contributed by atoms with Crippen LogP contribution in [0.25, 0.3) is 5.57 Å². The Morgan fingerprint density at radius 1 is 1.12 bits per heavy atom. The van der Waals surface area contributed by atoms with Crippen molar-refractivity contribution >= 4 is 32.7 Å². The van der Waals surface area contributed by atoms with Gasteiger partial charge in [0.2, 0.25) is 5.76 Å². The van der Waals surface area contributed by atoms with Gasteiger partial charge in [0, 0.05) is 6.26 Å². The topological polar surface area (TPSA) is 69.7 Å². The summed E-state index contributed by atoms with van der Waals surface area (Å²) >= 11 is 1.37. The summed E-state index contributed by atoms with van der Waals surface area (Å²) in [7, 11) is -3.28. The van der Waals surface area contributed by atoms with E-state index in [4.69, 9.17) is 9.47 Å².